The highest BCUT2D eigenvalue weighted by atomic mass is 32.1. The first-order valence-electron chi connectivity index (χ1n) is 5.53. The molecule has 5 nitrogen and oxygen atoms in total. The number of carbonyl (C=O) groups excluding carboxylic acids is 1. The number of nitrogens with one attached hydrogen (secondary N) is 1. The molecule has 2 aromatic rings. The Hall–Kier alpha value is -1.95. The fourth-order valence-electron chi connectivity index (χ4n) is 1.37. The van der Waals surface area contributed by atoms with E-state index in [1.807, 2.05) is 24.3 Å². The van der Waals surface area contributed by atoms with Crippen molar-refractivity contribution in [2.75, 3.05) is 6.61 Å². The molecule has 0 bridgehead atoms. The summed E-state index contributed by atoms with van der Waals surface area (Å²) in [6, 6.07) is 7.85. The van der Waals surface area contributed by atoms with Crippen LogP contribution in [-0.2, 0) is 4.74 Å². The maximum absolute atomic E-state index is 11.1. The Labute approximate surface area is 108 Å². The van der Waals surface area contributed by atoms with Gasteiger partial charge in [0.25, 0.3) is 0 Å². The van der Waals surface area contributed by atoms with E-state index in [2.05, 4.69) is 15.5 Å². The SMILES string of the molecule is CCOC(=O)NN=C(C)c1nc2ccccc2s1. The lowest BCUT2D eigenvalue weighted by Crippen LogP contribution is -2.20. The number of para-hydroxylation sites is 1. The highest BCUT2D eigenvalue weighted by Crippen LogP contribution is 2.21. The summed E-state index contributed by atoms with van der Waals surface area (Å²) in [6.45, 7) is 3.86. The van der Waals surface area contributed by atoms with E-state index >= 15 is 0 Å². The molecule has 0 aliphatic carbocycles. The number of rotatable bonds is 3. The van der Waals surface area contributed by atoms with E-state index in [0.29, 0.717) is 12.3 Å². The molecule has 0 radical (unpaired) electrons. The topological polar surface area (TPSA) is 63.6 Å². The summed E-state index contributed by atoms with van der Waals surface area (Å²) in [6.07, 6.45) is -0.557. The van der Waals surface area contributed by atoms with Gasteiger partial charge < -0.3 is 4.74 Å². The van der Waals surface area contributed by atoms with Crippen molar-refractivity contribution >= 4 is 33.4 Å². The second kappa shape index (κ2) is 5.59. The van der Waals surface area contributed by atoms with Gasteiger partial charge in [0.05, 0.1) is 22.5 Å². The number of benzene rings is 1. The van der Waals surface area contributed by atoms with Gasteiger partial charge >= 0.3 is 6.09 Å². The van der Waals surface area contributed by atoms with Crippen molar-refractivity contribution in [2.24, 2.45) is 5.10 Å². The van der Waals surface area contributed by atoms with Gasteiger partial charge in [0.15, 0.2) is 0 Å². The first-order valence-corrected chi connectivity index (χ1v) is 6.35. The number of aromatic nitrogens is 1. The molecule has 0 aliphatic heterocycles. The first-order chi connectivity index (χ1) is 8.70. The lowest BCUT2D eigenvalue weighted by Gasteiger charge is -2.00. The van der Waals surface area contributed by atoms with Crippen molar-refractivity contribution in [3.63, 3.8) is 0 Å². The lowest BCUT2D eigenvalue weighted by atomic mass is 10.3. The lowest BCUT2D eigenvalue weighted by molar-refractivity contribution is 0.152. The van der Waals surface area contributed by atoms with Crippen molar-refractivity contribution < 1.29 is 9.53 Å². The van der Waals surface area contributed by atoms with Gasteiger partial charge in [-0.1, -0.05) is 12.1 Å². The second-order valence-electron chi connectivity index (χ2n) is 3.52. The van der Waals surface area contributed by atoms with E-state index in [9.17, 15) is 4.79 Å². The first kappa shape index (κ1) is 12.5. The van der Waals surface area contributed by atoms with Crippen LogP contribution in [0.2, 0.25) is 0 Å². The normalized spacial score (nSPS) is 11.6. The van der Waals surface area contributed by atoms with Crippen LogP contribution in [0.15, 0.2) is 29.4 Å². The Morgan fingerprint density at radius 3 is 3.00 bits per heavy atom. The van der Waals surface area contributed by atoms with Gasteiger partial charge in [0.2, 0.25) is 0 Å². The Kier molecular flexibility index (Phi) is 3.88. The van der Waals surface area contributed by atoms with Crippen molar-refractivity contribution in [1.29, 1.82) is 0 Å². The fraction of sp³-hybridized carbons (Fsp3) is 0.250. The van der Waals surface area contributed by atoms with E-state index in [0.717, 1.165) is 15.2 Å². The van der Waals surface area contributed by atoms with Crippen LogP contribution in [0.4, 0.5) is 4.79 Å². The molecule has 0 saturated heterocycles. The minimum atomic E-state index is -0.557. The predicted molar refractivity (Wildman–Crippen MR) is 72.0 cm³/mol. The molecule has 1 heterocycles. The van der Waals surface area contributed by atoms with Crippen LogP contribution in [0.3, 0.4) is 0 Å². The zero-order valence-electron chi connectivity index (χ0n) is 10.1. The van der Waals surface area contributed by atoms with Crippen molar-refractivity contribution in [2.45, 2.75) is 13.8 Å². The molecule has 2 rings (SSSR count). The highest BCUT2D eigenvalue weighted by Gasteiger charge is 2.06. The molecular weight excluding hydrogens is 250 g/mol. The molecule has 0 atom stereocenters. The summed E-state index contributed by atoms with van der Waals surface area (Å²) in [5.41, 5.74) is 3.91. The molecule has 1 aromatic heterocycles. The molecule has 1 aromatic carbocycles. The summed E-state index contributed by atoms with van der Waals surface area (Å²) in [4.78, 5) is 15.5. The van der Waals surface area contributed by atoms with Crippen LogP contribution in [0.5, 0.6) is 0 Å². The monoisotopic (exact) mass is 263 g/mol. The van der Waals surface area contributed by atoms with Crippen LogP contribution >= 0.6 is 11.3 Å². The van der Waals surface area contributed by atoms with E-state index in [1.54, 1.807) is 13.8 Å². The third kappa shape index (κ3) is 2.84. The van der Waals surface area contributed by atoms with E-state index in [4.69, 9.17) is 4.74 Å². The molecule has 0 saturated carbocycles. The van der Waals surface area contributed by atoms with Gasteiger partial charge in [-0.25, -0.2) is 15.2 Å². The van der Waals surface area contributed by atoms with Crippen LogP contribution in [0.1, 0.15) is 18.9 Å². The Morgan fingerprint density at radius 2 is 2.28 bits per heavy atom. The maximum Gasteiger partial charge on any atom is 0.427 e. The van der Waals surface area contributed by atoms with E-state index in [1.165, 1.54) is 11.3 Å². The number of ether oxygens (including phenoxy) is 1. The average Bonchev–Trinajstić information content (AvgIpc) is 2.80. The van der Waals surface area contributed by atoms with Gasteiger partial charge in [-0.05, 0) is 26.0 Å². The third-order valence-electron chi connectivity index (χ3n) is 2.19. The maximum atomic E-state index is 11.1. The second-order valence-corrected chi connectivity index (χ2v) is 4.55. The number of nitrogens with zero attached hydrogens (tertiary/aromatic N) is 2. The molecule has 6 heteroatoms. The number of hydrazone groups is 1. The number of hydrogen-bond donors (Lipinski definition) is 1. The van der Waals surface area contributed by atoms with Gasteiger partial charge in [-0.3, -0.25) is 0 Å². The number of fused-ring (bicyclic) bond motifs is 1. The highest BCUT2D eigenvalue weighted by molar-refractivity contribution is 7.20. The molecule has 1 N–H and O–H groups in total. The molecule has 0 fully saturated rings. The number of amides is 1. The van der Waals surface area contributed by atoms with Crippen LogP contribution in [-0.4, -0.2) is 23.4 Å². The van der Waals surface area contributed by atoms with Crippen molar-refractivity contribution in [3.05, 3.63) is 29.3 Å². The molecule has 94 valence electrons. The molecule has 0 aliphatic rings. The van der Waals surface area contributed by atoms with Crippen LogP contribution < -0.4 is 5.43 Å². The quantitative estimate of drug-likeness (QED) is 0.684. The number of thiazole rings is 1. The third-order valence-corrected chi connectivity index (χ3v) is 3.34. The van der Waals surface area contributed by atoms with Crippen molar-refractivity contribution in [3.8, 4) is 0 Å². The van der Waals surface area contributed by atoms with E-state index < -0.39 is 6.09 Å². The largest absolute Gasteiger partial charge is 0.449 e. The minimum Gasteiger partial charge on any atom is -0.449 e. The predicted octanol–water partition coefficient (Wildman–Crippen LogP) is 2.77. The molecule has 0 unspecified atom stereocenters. The Balaban J connectivity index is 2.15. The van der Waals surface area contributed by atoms with E-state index in [-0.39, 0.29) is 0 Å². The molecule has 1 amide bonds. The van der Waals surface area contributed by atoms with Crippen LogP contribution in [0, 0.1) is 0 Å². The zero-order chi connectivity index (χ0) is 13.0. The number of hydrogen-bond acceptors (Lipinski definition) is 5. The summed E-state index contributed by atoms with van der Waals surface area (Å²) in [7, 11) is 0. The average molecular weight is 263 g/mol. The minimum absolute atomic E-state index is 0.321. The van der Waals surface area contributed by atoms with Crippen LogP contribution in [0.25, 0.3) is 10.2 Å². The van der Waals surface area contributed by atoms with Gasteiger partial charge in [-0.2, -0.15) is 5.10 Å². The van der Waals surface area contributed by atoms with Crippen molar-refractivity contribution in [1.82, 2.24) is 10.4 Å². The van der Waals surface area contributed by atoms with Gasteiger partial charge in [-0.15, -0.1) is 11.3 Å². The fourth-order valence-corrected chi connectivity index (χ4v) is 2.28. The molecule has 0 spiro atoms. The summed E-state index contributed by atoms with van der Waals surface area (Å²) >= 11 is 1.54. The summed E-state index contributed by atoms with van der Waals surface area (Å²) in [5.74, 6) is 0. The van der Waals surface area contributed by atoms with Gasteiger partial charge in [0, 0.05) is 0 Å². The van der Waals surface area contributed by atoms with Gasteiger partial charge in [0.1, 0.15) is 5.01 Å². The smallest absolute Gasteiger partial charge is 0.427 e. The Bertz CT molecular complexity index is 559. The molecule has 18 heavy (non-hydrogen) atoms. The Morgan fingerprint density at radius 1 is 1.50 bits per heavy atom. The molecular formula is C12H13N3O2S. The zero-order valence-corrected chi connectivity index (χ0v) is 11.0. The summed E-state index contributed by atoms with van der Waals surface area (Å²) < 4.78 is 5.81. The standard InChI is InChI=1S/C12H13N3O2S/c1-3-17-12(16)15-14-8(2)11-13-9-6-4-5-7-10(9)18-11/h4-7H,3H2,1-2H3,(H,15,16). The summed E-state index contributed by atoms with van der Waals surface area (Å²) in [5, 5.41) is 4.73. The number of carbonyl (C=O) groups is 1.